The van der Waals surface area contributed by atoms with Crippen molar-refractivity contribution in [1.82, 2.24) is 0 Å². The molecule has 70 heavy (non-hydrogen) atoms. The zero-order chi connectivity index (χ0) is 50.5. The molecule has 2 saturated carbocycles. The van der Waals surface area contributed by atoms with E-state index < -0.39 is 31.3 Å². The van der Waals surface area contributed by atoms with E-state index in [0.29, 0.717) is 12.8 Å². The molecule has 0 N–H and O–H groups in total. The summed E-state index contributed by atoms with van der Waals surface area (Å²) >= 11 is 0. The van der Waals surface area contributed by atoms with Crippen molar-refractivity contribution in [2.75, 3.05) is 5.75 Å². The summed E-state index contributed by atoms with van der Waals surface area (Å²) in [6, 6.07) is 20.9. The summed E-state index contributed by atoms with van der Waals surface area (Å²) in [4.78, 5) is 17.7. The third-order valence-electron chi connectivity index (χ3n) is 16.9. The van der Waals surface area contributed by atoms with Crippen LogP contribution >= 0.6 is 10.3 Å². The summed E-state index contributed by atoms with van der Waals surface area (Å²) in [6.07, 6.45) is 35.6. The van der Waals surface area contributed by atoms with Crippen LogP contribution in [0.5, 0.6) is 0 Å². The van der Waals surface area contributed by atoms with Gasteiger partial charge in [-0.1, -0.05) is 213 Å². The van der Waals surface area contributed by atoms with Crippen molar-refractivity contribution in [1.29, 1.82) is 0 Å². The summed E-state index contributed by atoms with van der Waals surface area (Å²) in [7, 11) is -7.34. The number of aryl methyl sites for hydroxylation is 6. The quantitative estimate of drug-likeness (QED) is 0.0540. The molecule has 3 aromatic carbocycles. The molecule has 2 atom stereocenters. The van der Waals surface area contributed by atoms with Crippen molar-refractivity contribution >= 4 is 26.2 Å². The van der Waals surface area contributed by atoms with E-state index in [0.717, 1.165) is 114 Å². The lowest BCUT2D eigenvalue weighted by Gasteiger charge is -2.45. The Kier molecular flexibility index (Phi) is 24.6. The molecule has 0 spiro atoms. The van der Waals surface area contributed by atoms with Crippen molar-refractivity contribution in [2.45, 2.75) is 282 Å². The number of hydrogen-bond donors (Lipinski definition) is 0. The van der Waals surface area contributed by atoms with E-state index in [4.69, 9.17) is 3.63 Å². The lowest BCUT2D eigenvalue weighted by Crippen LogP contribution is -2.42. The van der Waals surface area contributed by atoms with Gasteiger partial charge in [-0.05, 0) is 157 Å². The third-order valence-corrected chi connectivity index (χ3v) is 22.5. The van der Waals surface area contributed by atoms with Crippen LogP contribution in [0.3, 0.4) is 0 Å². The standard InChI is InChI=1S/C64H102O4S2/c1-9-15-21-28-36-52-46-54(38-30-23-17-11-3)61(55(47-52)39-31-24-18-12-4)70(59-42-34-27-35-43-59,68-69(66,67)51-64-45-44-58(50-60(64)65)63(64,7)8)62-56(40-32-25-19-13-5)48-53(37-29-22-16-10-2)49-57(62)41-33-26-20-14-6/h27,34-35,42-43,46-49,58H,9-26,28-33,36-41,44-45,50-51H2,1-8H3. The molecular formula is C64H102O4S2. The average Bonchev–Trinajstić information content (AvgIpc) is 3.69. The summed E-state index contributed by atoms with van der Waals surface area (Å²) in [5.41, 5.74) is 6.66. The average molecular weight is 1000 g/mol. The van der Waals surface area contributed by atoms with Crippen LogP contribution in [0.2, 0.25) is 0 Å². The van der Waals surface area contributed by atoms with Gasteiger partial charge in [0.15, 0.2) is 0 Å². The zero-order valence-corrected chi connectivity index (χ0v) is 47.9. The zero-order valence-electron chi connectivity index (χ0n) is 46.3. The molecule has 2 fully saturated rings. The smallest absolute Gasteiger partial charge is 0.278 e. The summed E-state index contributed by atoms with van der Waals surface area (Å²) in [5, 5.41) is 0. The van der Waals surface area contributed by atoms with Crippen molar-refractivity contribution in [3.8, 4) is 0 Å². The minimum Gasteiger partial charge on any atom is -0.299 e. The van der Waals surface area contributed by atoms with E-state index in [-0.39, 0.29) is 17.5 Å². The third kappa shape index (κ3) is 15.1. The van der Waals surface area contributed by atoms with E-state index in [1.165, 1.54) is 133 Å². The van der Waals surface area contributed by atoms with E-state index in [2.05, 4.69) is 110 Å². The SMILES string of the molecule is CCCCCCc1cc(CCCCCC)c(S(OS(=O)(=O)CC23CCC(CC2=O)C3(C)C)(c2ccccc2)c2c(CCCCCC)cc(CCCCCC)cc2CCCCCC)c(CCCCCC)c1. The summed E-state index contributed by atoms with van der Waals surface area (Å²) in [6.45, 7) is 18.1. The van der Waals surface area contributed by atoms with Crippen LogP contribution in [-0.2, 0) is 57.1 Å². The van der Waals surface area contributed by atoms with Crippen LogP contribution < -0.4 is 0 Å². The highest BCUT2D eigenvalue weighted by Gasteiger charge is 2.66. The van der Waals surface area contributed by atoms with Crippen LogP contribution in [-0.4, -0.2) is 20.0 Å². The maximum Gasteiger partial charge on any atom is 0.278 e. The second kappa shape index (κ2) is 29.5. The number of unbranched alkanes of at least 4 members (excludes halogenated alkanes) is 18. The first kappa shape index (κ1) is 58.5. The second-order valence-electron chi connectivity index (χ2n) is 22.7. The molecule has 2 aliphatic carbocycles. The van der Waals surface area contributed by atoms with Gasteiger partial charge >= 0.3 is 0 Å². The Morgan fingerprint density at radius 1 is 0.500 bits per heavy atom. The first-order valence-corrected chi connectivity index (χ1v) is 32.7. The van der Waals surface area contributed by atoms with Gasteiger partial charge in [0.1, 0.15) is 5.78 Å². The van der Waals surface area contributed by atoms with Gasteiger partial charge in [-0.3, -0.25) is 4.79 Å². The topological polar surface area (TPSA) is 60.4 Å². The Morgan fingerprint density at radius 3 is 1.17 bits per heavy atom. The fourth-order valence-corrected chi connectivity index (χ4v) is 19.5. The normalized spacial score (nSPS) is 18.1. The molecule has 2 bridgehead atoms. The van der Waals surface area contributed by atoms with Crippen molar-refractivity contribution in [3.05, 3.63) is 88.0 Å². The van der Waals surface area contributed by atoms with Crippen LogP contribution in [0.4, 0.5) is 0 Å². The number of Topliss-reactive ketones (excluding diaryl/α,β-unsaturated/α-hetero) is 1. The van der Waals surface area contributed by atoms with E-state index in [9.17, 15) is 4.79 Å². The lowest BCUT2D eigenvalue weighted by atomic mass is 9.70. The first-order chi connectivity index (χ1) is 33.9. The molecule has 0 heterocycles. The number of carbonyl (C=O) groups is 1. The number of carbonyl (C=O) groups excluding carboxylic acids is 1. The molecular weight excluding hydrogens is 897 g/mol. The fourth-order valence-electron chi connectivity index (χ4n) is 12.6. The number of benzene rings is 3. The van der Waals surface area contributed by atoms with E-state index in [1.54, 1.807) is 0 Å². The van der Waals surface area contributed by atoms with Crippen LogP contribution in [0, 0.1) is 16.7 Å². The molecule has 6 heteroatoms. The molecule has 3 aromatic rings. The Balaban J connectivity index is 1.96. The van der Waals surface area contributed by atoms with Gasteiger partial charge < -0.3 is 0 Å². The highest BCUT2D eigenvalue weighted by molar-refractivity contribution is 8.33. The molecule has 0 saturated heterocycles. The molecule has 394 valence electrons. The van der Waals surface area contributed by atoms with Crippen LogP contribution in [0.25, 0.3) is 0 Å². The van der Waals surface area contributed by atoms with Gasteiger partial charge in [-0.2, -0.15) is 8.42 Å². The van der Waals surface area contributed by atoms with Gasteiger partial charge in [0.05, 0.1) is 11.2 Å². The summed E-state index contributed by atoms with van der Waals surface area (Å²) in [5.74, 6) is 0.0946. The van der Waals surface area contributed by atoms with Gasteiger partial charge in [0.25, 0.3) is 10.1 Å². The number of fused-ring (bicyclic) bond motifs is 2. The second-order valence-corrected chi connectivity index (χ2v) is 27.0. The highest BCUT2D eigenvalue weighted by atomic mass is 32.3. The molecule has 2 aliphatic rings. The minimum absolute atomic E-state index is 0.127. The van der Waals surface area contributed by atoms with Crippen molar-refractivity contribution in [2.24, 2.45) is 16.7 Å². The number of rotatable bonds is 37. The van der Waals surface area contributed by atoms with Crippen molar-refractivity contribution in [3.63, 3.8) is 0 Å². The molecule has 2 unspecified atom stereocenters. The van der Waals surface area contributed by atoms with E-state index in [1.807, 2.05) is 0 Å². The largest absolute Gasteiger partial charge is 0.299 e. The number of hydrogen-bond acceptors (Lipinski definition) is 4. The highest BCUT2D eigenvalue weighted by Crippen LogP contribution is 2.74. The first-order valence-electron chi connectivity index (χ1n) is 29.5. The maximum absolute atomic E-state index is 16.2. The Hall–Kier alpha value is -2.41. The van der Waals surface area contributed by atoms with Gasteiger partial charge in [-0.25, -0.2) is 3.63 Å². The van der Waals surface area contributed by atoms with Gasteiger partial charge in [-0.15, -0.1) is 0 Å². The number of ketones is 1. The molecule has 4 nitrogen and oxygen atoms in total. The predicted molar refractivity (Wildman–Crippen MR) is 302 cm³/mol. The molecule has 5 rings (SSSR count). The van der Waals surface area contributed by atoms with Crippen molar-refractivity contribution < 1.29 is 16.8 Å². The predicted octanol–water partition coefficient (Wildman–Crippen LogP) is 19.4. The molecule has 0 aromatic heterocycles. The summed E-state index contributed by atoms with van der Waals surface area (Å²) < 4.78 is 40.1. The van der Waals surface area contributed by atoms with Crippen LogP contribution in [0.15, 0.2) is 69.3 Å². The Bertz CT molecular complexity index is 1970. The lowest BCUT2D eigenvalue weighted by molar-refractivity contribution is -0.128. The Morgan fingerprint density at radius 2 is 0.857 bits per heavy atom. The Labute approximate surface area is 433 Å². The van der Waals surface area contributed by atoms with Crippen LogP contribution in [0.1, 0.15) is 262 Å². The van der Waals surface area contributed by atoms with Gasteiger partial charge in [0, 0.05) is 21.1 Å². The molecule has 0 aliphatic heterocycles. The maximum atomic E-state index is 16.2. The van der Waals surface area contributed by atoms with E-state index >= 15 is 8.42 Å². The monoisotopic (exact) mass is 999 g/mol. The fraction of sp³-hybridized carbons (Fsp3) is 0.703. The molecule has 0 radical (unpaired) electrons. The minimum atomic E-state index is -4.34. The molecule has 0 amide bonds. The van der Waals surface area contributed by atoms with Gasteiger partial charge in [0.2, 0.25) is 0 Å².